The van der Waals surface area contributed by atoms with Crippen molar-refractivity contribution in [3.8, 4) is 0 Å². The fourth-order valence-electron chi connectivity index (χ4n) is 8.71. The highest BCUT2D eigenvalue weighted by Crippen LogP contribution is 2.49. The molecule has 13 nitrogen and oxygen atoms in total. The molecule has 16 heteroatoms. The van der Waals surface area contributed by atoms with Crippen LogP contribution in [0.1, 0.15) is 77.3 Å². The Bertz CT molecular complexity index is 2510. The molecule has 0 aromatic heterocycles. The topological polar surface area (TPSA) is 163 Å². The van der Waals surface area contributed by atoms with Crippen molar-refractivity contribution in [1.82, 2.24) is 0 Å². The van der Waals surface area contributed by atoms with Gasteiger partial charge in [-0.1, -0.05) is 103 Å². The van der Waals surface area contributed by atoms with Crippen molar-refractivity contribution < 1.29 is 49.5 Å². The predicted octanol–water partition coefficient (Wildman–Crippen LogP) is 8.53. The van der Waals surface area contributed by atoms with E-state index in [1.54, 1.807) is 18.2 Å². The number of anilines is 2. The summed E-state index contributed by atoms with van der Waals surface area (Å²) >= 11 is 1.03. The van der Waals surface area contributed by atoms with Crippen molar-refractivity contribution >= 4 is 55.2 Å². The number of hydrogen-bond acceptors (Lipinski definition) is 12. The third-order valence-electron chi connectivity index (χ3n) is 11.8. The first-order chi connectivity index (χ1) is 29.5. The number of ether oxygens (including phenoxy) is 1. The van der Waals surface area contributed by atoms with E-state index in [0.29, 0.717) is 43.8 Å². The van der Waals surface area contributed by atoms with Gasteiger partial charge >= 0.3 is 16.0 Å². The number of allylic oxidation sites excluding steroid dienone is 8. The summed E-state index contributed by atoms with van der Waals surface area (Å²) in [6.07, 6.45) is 11.4. The van der Waals surface area contributed by atoms with Crippen LogP contribution in [-0.4, -0.2) is 80.6 Å². The Balaban J connectivity index is 1.49. The lowest BCUT2D eigenvalue weighted by molar-refractivity contribution is -0.432. The Morgan fingerprint density at radius 1 is 0.742 bits per heavy atom. The maximum Gasteiger partial charge on any atom is 0.395 e. The Kier molecular flexibility index (Phi) is 15.0. The van der Waals surface area contributed by atoms with Gasteiger partial charge < -0.3 is 14.5 Å². The zero-order valence-electron chi connectivity index (χ0n) is 35.8. The van der Waals surface area contributed by atoms with Gasteiger partial charge in [0.25, 0.3) is 16.7 Å². The average molecular weight is 907 g/mol. The molecule has 0 unspecified atom stereocenters. The summed E-state index contributed by atoms with van der Waals surface area (Å²) in [6, 6.07) is 24.4. The lowest BCUT2D eigenvalue weighted by Crippen LogP contribution is -2.33. The monoisotopic (exact) mass is 906 g/mol. The number of nitrogens with zero attached hydrogens (tertiary/aromatic N) is 3. The lowest BCUT2D eigenvalue weighted by atomic mass is 9.83. The average Bonchev–Trinajstić information content (AvgIpc) is 3.81. The third kappa shape index (κ3) is 10.3. The molecule has 0 amide bonds. The number of unbranched alkanes of at least 4 members (excludes halogenated alkanes) is 2. The van der Waals surface area contributed by atoms with Crippen molar-refractivity contribution in [2.75, 3.05) is 48.0 Å². The molecule has 332 valence electrons. The molecule has 0 bridgehead atoms. The molecule has 2 N–H and O–H groups in total. The van der Waals surface area contributed by atoms with E-state index in [4.69, 9.17) is 9.99 Å². The first kappa shape index (κ1) is 46.9. The molecule has 3 aliphatic rings. The third-order valence-corrected chi connectivity index (χ3v) is 15.0. The van der Waals surface area contributed by atoms with Crippen LogP contribution >= 0.6 is 12.0 Å². The van der Waals surface area contributed by atoms with Gasteiger partial charge in [-0.2, -0.15) is 16.8 Å². The van der Waals surface area contributed by atoms with Crippen LogP contribution in [0.2, 0.25) is 0 Å². The molecule has 1 fully saturated rings. The fraction of sp³-hybridized carbons (Fsp3) is 0.391. The number of carbonyl (C=O) groups is 1. The Labute approximate surface area is 369 Å². The summed E-state index contributed by atoms with van der Waals surface area (Å²) in [5.41, 5.74) is 7.33. The molecular weight excluding hydrogens is 851 g/mol. The first-order valence-electron chi connectivity index (χ1n) is 20.7. The summed E-state index contributed by atoms with van der Waals surface area (Å²) in [6.45, 7) is 9.24. The van der Waals surface area contributed by atoms with Crippen molar-refractivity contribution in [2.45, 2.75) is 81.9 Å². The van der Waals surface area contributed by atoms with Gasteiger partial charge in [-0.05, 0) is 86.1 Å². The maximum absolute atomic E-state index is 14.7. The Morgan fingerprint density at radius 3 is 1.74 bits per heavy atom. The Morgan fingerprint density at radius 2 is 1.24 bits per heavy atom. The second-order valence-corrected chi connectivity index (χ2v) is 20.7. The molecule has 0 saturated heterocycles. The van der Waals surface area contributed by atoms with Crippen molar-refractivity contribution in [1.29, 1.82) is 0 Å². The van der Waals surface area contributed by atoms with Gasteiger partial charge in [-0.15, -0.1) is 4.33 Å². The molecule has 0 atom stereocenters. The van der Waals surface area contributed by atoms with E-state index >= 15 is 0 Å². The van der Waals surface area contributed by atoms with Crippen LogP contribution in [0, 0.1) is 0 Å². The van der Waals surface area contributed by atoms with Crippen LogP contribution in [-0.2, 0) is 49.9 Å². The second kappa shape index (κ2) is 19.9. The van der Waals surface area contributed by atoms with Crippen LogP contribution < -0.4 is 9.80 Å². The predicted molar refractivity (Wildman–Crippen MR) is 243 cm³/mol. The molecule has 1 saturated carbocycles. The molecule has 6 rings (SSSR count). The van der Waals surface area contributed by atoms with Crippen molar-refractivity contribution in [3.63, 3.8) is 0 Å². The van der Waals surface area contributed by atoms with Crippen LogP contribution in [0.5, 0.6) is 0 Å². The number of carbonyl (C=O) groups excluding carboxylic acids is 1. The molecular formula is C46H56N3O10S3+. The van der Waals surface area contributed by atoms with Crippen molar-refractivity contribution in [3.05, 3.63) is 137 Å². The zero-order chi connectivity index (χ0) is 44.7. The highest BCUT2D eigenvalue weighted by atomic mass is 32.2. The maximum atomic E-state index is 14.7. The van der Waals surface area contributed by atoms with Gasteiger partial charge in [-0.3, -0.25) is 4.55 Å². The summed E-state index contributed by atoms with van der Waals surface area (Å²) < 4.78 is 72.7. The van der Waals surface area contributed by atoms with E-state index in [2.05, 4.69) is 71.1 Å². The normalized spacial score (nSPS) is 20.4. The molecule has 3 aromatic carbocycles. The Hall–Kier alpha value is -4.55. The van der Waals surface area contributed by atoms with Gasteiger partial charge in [0.05, 0.1) is 12.9 Å². The minimum absolute atomic E-state index is 0.0369. The van der Waals surface area contributed by atoms with E-state index in [0.717, 1.165) is 64.4 Å². The minimum Gasteiger partial charge on any atom is -0.464 e. The SMILES string of the molecule is COC(=O)C[N+](=C1C(=CC=C2N(CCCCSOOO)c3ccccc3C2(C)C)CC/C1=C\C=C1\N(CCCCS(=O)(=O)O)c2ccccc2C1(C)C)S(=O)(=O)c1ccccc1. The van der Waals surface area contributed by atoms with E-state index in [1.807, 2.05) is 48.6 Å². The molecule has 0 spiro atoms. The smallest absolute Gasteiger partial charge is 0.395 e. The van der Waals surface area contributed by atoms with E-state index < -0.39 is 43.5 Å². The van der Waals surface area contributed by atoms with E-state index in [1.165, 1.54) is 28.8 Å². The lowest BCUT2D eigenvalue weighted by Gasteiger charge is -2.27. The molecule has 1 aliphatic carbocycles. The number of methoxy groups -OCH3 is 1. The van der Waals surface area contributed by atoms with Crippen LogP contribution in [0.15, 0.2) is 131 Å². The minimum atomic E-state index is -4.29. The summed E-state index contributed by atoms with van der Waals surface area (Å²) in [5.74, 6) is -0.426. The van der Waals surface area contributed by atoms with Gasteiger partial charge in [0.1, 0.15) is 4.90 Å². The number of sulfonamides is 1. The number of benzene rings is 3. The number of fused-ring (bicyclic) bond motifs is 2. The molecule has 62 heavy (non-hydrogen) atoms. The number of hydrogen-bond donors (Lipinski definition) is 2. The van der Waals surface area contributed by atoms with Gasteiger partial charge in [0.2, 0.25) is 5.71 Å². The second-order valence-electron chi connectivity index (χ2n) is 16.5. The first-order valence-corrected chi connectivity index (χ1v) is 24.6. The largest absolute Gasteiger partial charge is 0.464 e. The highest BCUT2D eigenvalue weighted by Gasteiger charge is 2.43. The molecule has 2 heterocycles. The zero-order valence-corrected chi connectivity index (χ0v) is 38.3. The van der Waals surface area contributed by atoms with Crippen molar-refractivity contribution in [2.24, 2.45) is 0 Å². The molecule has 3 aromatic rings. The quantitative estimate of drug-likeness (QED) is 0.0238. The summed E-state index contributed by atoms with van der Waals surface area (Å²) in [7, 11) is -7.15. The van der Waals surface area contributed by atoms with Gasteiger partial charge in [0.15, 0.2) is 0 Å². The van der Waals surface area contributed by atoms with E-state index in [-0.39, 0.29) is 17.1 Å². The van der Waals surface area contributed by atoms with Gasteiger partial charge in [0, 0.05) is 75.6 Å². The summed E-state index contributed by atoms with van der Waals surface area (Å²) in [4.78, 5) is 17.7. The standard InChI is InChI=1S/C46H55N3O10S3/c1-45(2)37-19-9-11-21-39(37)47(29-13-15-31-60-59-58-51)41(45)27-25-34-23-24-35(44(34)49(33-43(50)57-5)62(55,56)36-17-7-6-8-18-36)26-28-42-46(3,4)38-20-10-12-22-40(38)48(42)30-14-16-32-61(52,53)54/h6-12,17-22,25-28H,13-16,23-24,29-33H2,1-5H3,(H-,51,52,53,54)/p+1. The summed E-state index contributed by atoms with van der Waals surface area (Å²) in [5, 5.41) is 12.2. The van der Waals surface area contributed by atoms with Crippen LogP contribution in [0.3, 0.4) is 0 Å². The van der Waals surface area contributed by atoms with Crippen LogP contribution in [0.25, 0.3) is 0 Å². The number of esters is 1. The van der Waals surface area contributed by atoms with E-state index in [9.17, 15) is 26.2 Å². The molecule has 2 aliphatic heterocycles. The van der Waals surface area contributed by atoms with Gasteiger partial charge in [-0.25, -0.2) is 10.1 Å². The van der Waals surface area contributed by atoms with Crippen LogP contribution in [0.4, 0.5) is 11.4 Å². The highest BCUT2D eigenvalue weighted by molar-refractivity contribution is 7.94. The number of rotatable bonds is 18. The fourth-order valence-corrected chi connectivity index (χ4v) is 11.2. The number of para-hydroxylation sites is 2. The molecule has 0 radical (unpaired) electrons.